The lowest BCUT2D eigenvalue weighted by Crippen LogP contribution is -2.32. The van der Waals surface area contributed by atoms with E-state index < -0.39 is 6.04 Å². The lowest BCUT2D eigenvalue weighted by molar-refractivity contribution is -0.117. The first kappa shape index (κ1) is 22.7. The van der Waals surface area contributed by atoms with Crippen LogP contribution in [0.5, 0.6) is 11.5 Å². The first-order valence-electron chi connectivity index (χ1n) is 10.6. The van der Waals surface area contributed by atoms with Gasteiger partial charge in [-0.25, -0.2) is 0 Å². The Morgan fingerprint density at radius 3 is 2.55 bits per heavy atom. The second-order valence-electron chi connectivity index (χ2n) is 7.70. The number of carbonyl (C=O) groups is 2. The van der Waals surface area contributed by atoms with E-state index in [0.29, 0.717) is 23.6 Å². The van der Waals surface area contributed by atoms with Gasteiger partial charge in [-0.05, 0) is 53.8 Å². The molecule has 170 valence electrons. The largest absolute Gasteiger partial charge is 0.493 e. The number of ether oxygens (including phenoxy) is 2. The molecule has 0 bridgehead atoms. The maximum Gasteiger partial charge on any atom is 0.255 e. The highest BCUT2D eigenvalue weighted by Crippen LogP contribution is 2.37. The fourth-order valence-corrected chi connectivity index (χ4v) is 4.54. The molecule has 0 spiro atoms. The number of fused-ring (bicyclic) bond motifs is 1. The van der Waals surface area contributed by atoms with Crippen LogP contribution in [-0.2, 0) is 11.3 Å². The summed E-state index contributed by atoms with van der Waals surface area (Å²) in [5.74, 6) is 0.894. The molecule has 2 amide bonds. The summed E-state index contributed by atoms with van der Waals surface area (Å²) < 4.78 is 10.8. The second-order valence-corrected chi connectivity index (χ2v) is 8.58. The third-order valence-electron chi connectivity index (χ3n) is 5.75. The molecule has 0 unspecified atom stereocenters. The number of nitrogens with zero attached hydrogens (tertiary/aromatic N) is 1. The van der Waals surface area contributed by atoms with E-state index >= 15 is 0 Å². The van der Waals surface area contributed by atoms with Gasteiger partial charge in [0, 0.05) is 22.7 Å². The molecule has 1 aliphatic heterocycles. The molecule has 0 saturated heterocycles. The fraction of sp³-hybridized carbons (Fsp3) is 0.231. The summed E-state index contributed by atoms with van der Waals surface area (Å²) in [5, 5.41) is 2.98. The molecule has 1 aliphatic rings. The van der Waals surface area contributed by atoms with Crippen LogP contribution in [0.4, 0.5) is 5.69 Å². The van der Waals surface area contributed by atoms with Crippen molar-refractivity contribution in [3.05, 3.63) is 83.4 Å². The molecule has 3 aromatic carbocycles. The minimum absolute atomic E-state index is 0.0810. The standard InChI is InChI=1S/C26H26N2O4S/c1-31-23-12-11-17(13-24(23)32-2)22(28-16-18-7-4-5-10-21(18)26(28)30)15-25(29)27-19-8-6-9-20(14-19)33-3/h4-14,22H,15-16H2,1-3H3,(H,27,29)/t22-/m0/s1. The summed E-state index contributed by atoms with van der Waals surface area (Å²) in [4.78, 5) is 29.2. The Labute approximate surface area is 197 Å². The van der Waals surface area contributed by atoms with Gasteiger partial charge in [0.25, 0.3) is 5.91 Å². The highest BCUT2D eigenvalue weighted by Gasteiger charge is 2.34. The van der Waals surface area contributed by atoms with Crippen LogP contribution in [0, 0.1) is 0 Å². The maximum absolute atomic E-state index is 13.2. The zero-order chi connectivity index (χ0) is 23.4. The van der Waals surface area contributed by atoms with Crippen molar-refractivity contribution >= 4 is 29.3 Å². The van der Waals surface area contributed by atoms with Gasteiger partial charge in [0.15, 0.2) is 11.5 Å². The van der Waals surface area contributed by atoms with Crippen molar-refractivity contribution in [2.75, 3.05) is 25.8 Å². The fourth-order valence-electron chi connectivity index (χ4n) is 4.09. The lowest BCUT2D eigenvalue weighted by Gasteiger charge is -2.28. The second kappa shape index (κ2) is 10.0. The van der Waals surface area contributed by atoms with Gasteiger partial charge < -0.3 is 19.7 Å². The summed E-state index contributed by atoms with van der Waals surface area (Å²) in [6.45, 7) is 0.448. The SMILES string of the molecule is COc1ccc([C@H](CC(=O)Nc2cccc(SC)c2)N2Cc3ccccc3C2=O)cc1OC. The topological polar surface area (TPSA) is 67.9 Å². The van der Waals surface area contributed by atoms with E-state index in [0.717, 1.165) is 21.7 Å². The first-order chi connectivity index (χ1) is 16.0. The van der Waals surface area contributed by atoms with Crippen molar-refractivity contribution in [1.29, 1.82) is 0 Å². The number of amides is 2. The first-order valence-corrected chi connectivity index (χ1v) is 11.8. The van der Waals surface area contributed by atoms with Gasteiger partial charge in [-0.15, -0.1) is 11.8 Å². The van der Waals surface area contributed by atoms with Crippen LogP contribution in [0.2, 0.25) is 0 Å². The zero-order valence-corrected chi connectivity index (χ0v) is 19.6. The maximum atomic E-state index is 13.2. The van der Waals surface area contributed by atoms with Crippen LogP contribution >= 0.6 is 11.8 Å². The number of nitrogens with one attached hydrogen (secondary N) is 1. The van der Waals surface area contributed by atoms with E-state index in [1.165, 1.54) is 0 Å². The van der Waals surface area contributed by atoms with Gasteiger partial charge in [-0.2, -0.15) is 0 Å². The van der Waals surface area contributed by atoms with Crippen LogP contribution in [-0.4, -0.2) is 37.2 Å². The summed E-state index contributed by atoms with van der Waals surface area (Å²) >= 11 is 1.61. The molecule has 1 atom stereocenters. The number of thioether (sulfide) groups is 1. The molecular weight excluding hydrogens is 436 g/mol. The predicted octanol–water partition coefficient (Wildman–Crippen LogP) is 5.15. The van der Waals surface area contributed by atoms with E-state index in [-0.39, 0.29) is 18.2 Å². The Bertz CT molecular complexity index is 1180. The number of anilines is 1. The summed E-state index contributed by atoms with van der Waals surface area (Å²) in [7, 11) is 3.14. The van der Waals surface area contributed by atoms with Crippen LogP contribution < -0.4 is 14.8 Å². The molecule has 1 heterocycles. The van der Waals surface area contributed by atoms with Crippen molar-refractivity contribution in [3.8, 4) is 11.5 Å². The molecule has 33 heavy (non-hydrogen) atoms. The number of benzene rings is 3. The molecule has 6 nitrogen and oxygen atoms in total. The lowest BCUT2D eigenvalue weighted by atomic mass is 10.0. The van der Waals surface area contributed by atoms with E-state index in [2.05, 4.69) is 5.32 Å². The van der Waals surface area contributed by atoms with Crippen LogP contribution in [0.1, 0.15) is 33.9 Å². The number of rotatable bonds is 8. The molecule has 0 saturated carbocycles. The van der Waals surface area contributed by atoms with Crippen LogP contribution in [0.3, 0.4) is 0 Å². The van der Waals surface area contributed by atoms with Gasteiger partial charge in [0.1, 0.15) is 0 Å². The predicted molar refractivity (Wildman–Crippen MR) is 130 cm³/mol. The number of methoxy groups -OCH3 is 2. The molecule has 3 aromatic rings. The minimum atomic E-state index is -0.464. The molecule has 0 fully saturated rings. The van der Waals surface area contributed by atoms with Crippen LogP contribution in [0.25, 0.3) is 0 Å². The highest BCUT2D eigenvalue weighted by atomic mass is 32.2. The summed E-state index contributed by atoms with van der Waals surface area (Å²) in [6, 6.07) is 20.3. The average Bonchev–Trinajstić information content (AvgIpc) is 3.18. The average molecular weight is 463 g/mol. The van der Waals surface area contributed by atoms with Crippen molar-refractivity contribution in [3.63, 3.8) is 0 Å². The third kappa shape index (κ3) is 4.83. The molecule has 1 N–H and O–H groups in total. The van der Waals surface area contributed by atoms with E-state index in [9.17, 15) is 9.59 Å². The van der Waals surface area contributed by atoms with Gasteiger partial charge in [0.05, 0.1) is 26.7 Å². The van der Waals surface area contributed by atoms with Gasteiger partial charge in [-0.1, -0.05) is 30.3 Å². The normalized spacial score (nSPS) is 13.4. The number of hydrogen-bond donors (Lipinski definition) is 1. The van der Waals surface area contributed by atoms with Gasteiger partial charge in [-0.3, -0.25) is 9.59 Å². The molecule has 0 aromatic heterocycles. The van der Waals surface area contributed by atoms with Gasteiger partial charge in [0.2, 0.25) is 5.91 Å². The Morgan fingerprint density at radius 1 is 1.03 bits per heavy atom. The molecule has 0 aliphatic carbocycles. The smallest absolute Gasteiger partial charge is 0.255 e. The van der Waals surface area contributed by atoms with Crippen molar-refractivity contribution in [2.24, 2.45) is 0 Å². The van der Waals surface area contributed by atoms with Crippen molar-refractivity contribution in [1.82, 2.24) is 4.90 Å². The molecule has 4 rings (SSSR count). The summed E-state index contributed by atoms with van der Waals surface area (Å²) in [5.41, 5.74) is 3.17. The quantitative estimate of drug-likeness (QED) is 0.469. The Balaban J connectivity index is 1.64. The van der Waals surface area contributed by atoms with Crippen molar-refractivity contribution in [2.45, 2.75) is 23.9 Å². The van der Waals surface area contributed by atoms with E-state index in [1.54, 1.807) is 36.9 Å². The van der Waals surface area contributed by atoms with E-state index in [1.807, 2.05) is 66.9 Å². The van der Waals surface area contributed by atoms with Crippen LogP contribution in [0.15, 0.2) is 71.6 Å². The zero-order valence-electron chi connectivity index (χ0n) is 18.8. The minimum Gasteiger partial charge on any atom is -0.493 e. The summed E-state index contributed by atoms with van der Waals surface area (Å²) in [6.07, 6.45) is 2.10. The van der Waals surface area contributed by atoms with Gasteiger partial charge >= 0.3 is 0 Å². The Morgan fingerprint density at radius 2 is 1.82 bits per heavy atom. The Hall–Kier alpha value is -3.45. The number of carbonyl (C=O) groups excluding carboxylic acids is 2. The number of hydrogen-bond acceptors (Lipinski definition) is 5. The van der Waals surface area contributed by atoms with E-state index in [4.69, 9.17) is 9.47 Å². The molecule has 0 radical (unpaired) electrons. The highest BCUT2D eigenvalue weighted by molar-refractivity contribution is 7.98. The monoisotopic (exact) mass is 462 g/mol. The molecular formula is C26H26N2O4S. The van der Waals surface area contributed by atoms with Crippen molar-refractivity contribution < 1.29 is 19.1 Å². The Kier molecular flexibility index (Phi) is 6.89. The molecule has 7 heteroatoms. The third-order valence-corrected chi connectivity index (χ3v) is 6.48.